The smallest absolute Gasteiger partial charge is 0.303 e. The molecule has 0 saturated carbocycles. The molecule has 0 aromatic heterocycles. The molecule has 0 saturated heterocycles. The summed E-state index contributed by atoms with van der Waals surface area (Å²) in [5.74, 6) is 0.834. The Morgan fingerprint density at radius 3 is 2.75 bits per heavy atom. The molecular weight excluding hydrogens is 228 g/mol. The topological polar surface area (TPSA) is 92.4 Å². The van der Waals surface area contributed by atoms with Crippen LogP contribution in [-0.4, -0.2) is 41.6 Å². The molecule has 1 amide bonds. The highest BCUT2D eigenvalue weighted by Gasteiger charge is 2.04. The number of carboxylic acids is 1. The van der Waals surface area contributed by atoms with Crippen LogP contribution in [0.3, 0.4) is 0 Å². The van der Waals surface area contributed by atoms with Gasteiger partial charge >= 0.3 is 5.97 Å². The van der Waals surface area contributed by atoms with E-state index in [1.165, 1.54) is 0 Å². The molecule has 1 atom stereocenters. The van der Waals surface area contributed by atoms with Gasteiger partial charge in [0.2, 0.25) is 5.91 Å². The number of aliphatic carboxylic acids is 1. The maximum atomic E-state index is 11.2. The second-order valence-corrected chi connectivity index (χ2v) is 4.73. The van der Waals surface area contributed by atoms with Crippen molar-refractivity contribution in [3.05, 3.63) is 0 Å². The van der Waals surface area contributed by atoms with Crippen molar-refractivity contribution in [1.29, 1.82) is 0 Å². The maximum absolute atomic E-state index is 11.2. The predicted octanol–water partition coefficient (Wildman–Crippen LogP) is 0.295. The number of nitrogens with one attached hydrogen (secondary N) is 1. The Morgan fingerprint density at radius 1 is 1.50 bits per heavy atom. The quantitative estimate of drug-likeness (QED) is 0.510. The van der Waals surface area contributed by atoms with Crippen molar-refractivity contribution < 1.29 is 14.7 Å². The minimum absolute atomic E-state index is 0.0420. The van der Waals surface area contributed by atoms with Crippen molar-refractivity contribution in [2.45, 2.75) is 19.8 Å². The third-order valence-corrected chi connectivity index (χ3v) is 3.20. The number of nitrogens with two attached hydrogens (primary N) is 1. The lowest BCUT2D eigenvalue weighted by molar-refractivity contribution is -0.137. The van der Waals surface area contributed by atoms with Crippen LogP contribution in [0, 0.1) is 5.92 Å². The molecule has 1 unspecified atom stereocenters. The van der Waals surface area contributed by atoms with Gasteiger partial charge in [0.15, 0.2) is 0 Å². The van der Waals surface area contributed by atoms with Gasteiger partial charge in [-0.2, -0.15) is 11.8 Å². The van der Waals surface area contributed by atoms with E-state index in [4.69, 9.17) is 10.8 Å². The number of carboxylic acid groups (broad SMARTS) is 1. The van der Waals surface area contributed by atoms with Crippen LogP contribution in [0.4, 0.5) is 0 Å². The molecule has 0 aliphatic heterocycles. The SMILES string of the molecule is CC(CN)CSCC(=O)NCCCC(=O)O. The van der Waals surface area contributed by atoms with E-state index in [-0.39, 0.29) is 12.3 Å². The molecule has 0 radical (unpaired) electrons. The number of carbonyl (C=O) groups is 2. The summed E-state index contributed by atoms with van der Waals surface area (Å²) in [7, 11) is 0. The predicted molar refractivity (Wildman–Crippen MR) is 65.4 cm³/mol. The van der Waals surface area contributed by atoms with Crippen molar-refractivity contribution in [3.63, 3.8) is 0 Å². The molecule has 0 spiro atoms. The zero-order chi connectivity index (χ0) is 12.4. The van der Waals surface area contributed by atoms with Gasteiger partial charge in [0.05, 0.1) is 5.75 Å². The highest BCUT2D eigenvalue weighted by atomic mass is 32.2. The van der Waals surface area contributed by atoms with Gasteiger partial charge in [0, 0.05) is 13.0 Å². The Balaban J connectivity index is 3.34. The highest BCUT2D eigenvalue weighted by Crippen LogP contribution is 2.06. The number of hydrogen-bond acceptors (Lipinski definition) is 4. The molecule has 0 fully saturated rings. The zero-order valence-electron chi connectivity index (χ0n) is 9.57. The number of thioether (sulfide) groups is 1. The van der Waals surface area contributed by atoms with Crippen LogP contribution >= 0.6 is 11.8 Å². The molecule has 0 aliphatic rings. The highest BCUT2D eigenvalue weighted by molar-refractivity contribution is 7.99. The van der Waals surface area contributed by atoms with Crippen LogP contribution in [0.5, 0.6) is 0 Å². The van der Waals surface area contributed by atoms with Crippen LogP contribution in [0.1, 0.15) is 19.8 Å². The van der Waals surface area contributed by atoms with Crippen molar-refractivity contribution in [1.82, 2.24) is 5.32 Å². The molecule has 0 rings (SSSR count). The van der Waals surface area contributed by atoms with Crippen molar-refractivity contribution in [2.24, 2.45) is 11.7 Å². The Hall–Kier alpha value is -0.750. The van der Waals surface area contributed by atoms with E-state index in [1.807, 2.05) is 6.92 Å². The van der Waals surface area contributed by atoms with Gasteiger partial charge in [0.1, 0.15) is 0 Å². The van der Waals surface area contributed by atoms with Gasteiger partial charge < -0.3 is 16.2 Å². The van der Waals surface area contributed by atoms with E-state index in [0.717, 1.165) is 5.75 Å². The molecular formula is C10H20N2O3S. The summed E-state index contributed by atoms with van der Waals surface area (Å²) in [5.41, 5.74) is 5.45. The van der Waals surface area contributed by atoms with Crippen LogP contribution in [0.15, 0.2) is 0 Å². The van der Waals surface area contributed by atoms with Gasteiger partial charge in [-0.25, -0.2) is 0 Å². The first-order valence-corrected chi connectivity index (χ1v) is 6.48. The van der Waals surface area contributed by atoms with E-state index in [2.05, 4.69) is 5.32 Å². The Bertz CT molecular complexity index is 224. The molecule has 94 valence electrons. The summed E-state index contributed by atoms with van der Waals surface area (Å²) in [5, 5.41) is 11.1. The molecule has 0 heterocycles. The minimum Gasteiger partial charge on any atom is -0.481 e. The molecule has 0 bridgehead atoms. The van der Waals surface area contributed by atoms with Gasteiger partial charge in [-0.3, -0.25) is 9.59 Å². The first-order chi connectivity index (χ1) is 7.56. The third-order valence-electron chi connectivity index (χ3n) is 1.93. The van der Waals surface area contributed by atoms with E-state index in [1.54, 1.807) is 11.8 Å². The van der Waals surface area contributed by atoms with Crippen LogP contribution in [0.25, 0.3) is 0 Å². The fraction of sp³-hybridized carbons (Fsp3) is 0.800. The molecule has 0 aromatic rings. The monoisotopic (exact) mass is 248 g/mol. The fourth-order valence-electron chi connectivity index (χ4n) is 0.939. The summed E-state index contributed by atoms with van der Waals surface area (Å²) in [4.78, 5) is 21.4. The lowest BCUT2D eigenvalue weighted by Gasteiger charge is -2.07. The number of rotatable bonds is 9. The lowest BCUT2D eigenvalue weighted by atomic mass is 10.2. The maximum Gasteiger partial charge on any atom is 0.303 e. The van der Waals surface area contributed by atoms with E-state index in [9.17, 15) is 9.59 Å². The fourth-order valence-corrected chi connectivity index (χ4v) is 1.88. The van der Waals surface area contributed by atoms with E-state index in [0.29, 0.717) is 31.2 Å². The first kappa shape index (κ1) is 15.2. The summed E-state index contributed by atoms with van der Waals surface area (Å²) in [6.07, 6.45) is 0.572. The Morgan fingerprint density at radius 2 is 2.19 bits per heavy atom. The standard InChI is InChI=1S/C10H20N2O3S/c1-8(5-11)6-16-7-9(13)12-4-2-3-10(14)15/h8H,2-7,11H2,1H3,(H,12,13)(H,14,15). The largest absolute Gasteiger partial charge is 0.481 e. The van der Waals surface area contributed by atoms with Gasteiger partial charge in [0.25, 0.3) is 0 Å². The summed E-state index contributed by atoms with van der Waals surface area (Å²) in [6.45, 7) is 3.10. The van der Waals surface area contributed by atoms with Crippen LogP contribution in [-0.2, 0) is 9.59 Å². The summed E-state index contributed by atoms with van der Waals surface area (Å²) >= 11 is 1.55. The molecule has 5 nitrogen and oxygen atoms in total. The molecule has 6 heteroatoms. The molecule has 16 heavy (non-hydrogen) atoms. The van der Waals surface area contributed by atoms with Crippen molar-refractivity contribution >= 4 is 23.6 Å². The Kier molecular flexibility index (Phi) is 9.03. The summed E-state index contributed by atoms with van der Waals surface area (Å²) in [6, 6.07) is 0. The van der Waals surface area contributed by atoms with Gasteiger partial charge in [-0.1, -0.05) is 6.92 Å². The van der Waals surface area contributed by atoms with Gasteiger partial charge in [-0.15, -0.1) is 0 Å². The third kappa shape index (κ3) is 9.79. The van der Waals surface area contributed by atoms with E-state index < -0.39 is 5.97 Å². The zero-order valence-corrected chi connectivity index (χ0v) is 10.4. The lowest BCUT2D eigenvalue weighted by Crippen LogP contribution is -2.27. The molecule has 4 N–H and O–H groups in total. The van der Waals surface area contributed by atoms with Gasteiger partial charge in [-0.05, 0) is 24.6 Å². The number of hydrogen-bond donors (Lipinski definition) is 3. The minimum atomic E-state index is -0.833. The first-order valence-electron chi connectivity index (χ1n) is 5.32. The average Bonchev–Trinajstić information content (AvgIpc) is 2.24. The Labute approximate surface area is 100 Å². The van der Waals surface area contributed by atoms with Crippen LogP contribution < -0.4 is 11.1 Å². The second kappa shape index (κ2) is 9.47. The van der Waals surface area contributed by atoms with E-state index >= 15 is 0 Å². The number of carbonyl (C=O) groups excluding carboxylic acids is 1. The average molecular weight is 248 g/mol. The molecule has 0 aliphatic carbocycles. The molecule has 0 aromatic carbocycles. The normalized spacial score (nSPS) is 12.1. The van der Waals surface area contributed by atoms with Crippen molar-refractivity contribution in [2.75, 3.05) is 24.6 Å². The number of amides is 1. The second-order valence-electron chi connectivity index (χ2n) is 3.70. The van der Waals surface area contributed by atoms with Crippen LogP contribution in [0.2, 0.25) is 0 Å². The van der Waals surface area contributed by atoms with Crippen molar-refractivity contribution in [3.8, 4) is 0 Å². The summed E-state index contributed by atoms with van der Waals surface area (Å²) < 4.78 is 0.